The summed E-state index contributed by atoms with van der Waals surface area (Å²) in [5.74, 6) is 0. The Balaban J connectivity index is 2.42. The average molecular weight is 225 g/mol. The second kappa shape index (κ2) is 3.46. The van der Waals surface area contributed by atoms with E-state index in [4.69, 9.17) is 4.74 Å². The van der Waals surface area contributed by atoms with Crippen LogP contribution in [0.25, 0.3) is 0 Å². The molecule has 0 aliphatic carbocycles. The molecule has 2 unspecified atom stereocenters. The lowest BCUT2D eigenvalue weighted by atomic mass is 9.70. The minimum absolute atomic E-state index is 0.244. The second-order valence-corrected chi connectivity index (χ2v) is 7.53. The minimum atomic E-state index is 0.244. The molecule has 2 bridgehead atoms. The highest BCUT2D eigenvalue weighted by Gasteiger charge is 2.58. The first-order valence-electron chi connectivity index (χ1n) is 6.56. The van der Waals surface area contributed by atoms with Crippen molar-refractivity contribution in [1.29, 1.82) is 0 Å². The summed E-state index contributed by atoms with van der Waals surface area (Å²) in [4.78, 5) is 2.75. The minimum Gasteiger partial charge on any atom is -0.378 e. The van der Waals surface area contributed by atoms with Crippen LogP contribution < -0.4 is 0 Å². The molecule has 0 spiro atoms. The molecule has 0 aromatic carbocycles. The number of hydrogen-bond donors (Lipinski definition) is 0. The monoisotopic (exact) mass is 225 g/mol. The summed E-state index contributed by atoms with van der Waals surface area (Å²) >= 11 is 0. The normalized spacial score (nSPS) is 36.8. The van der Waals surface area contributed by atoms with E-state index in [9.17, 15) is 0 Å². The van der Waals surface area contributed by atoms with Crippen LogP contribution in [0.15, 0.2) is 0 Å². The zero-order valence-corrected chi connectivity index (χ0v) is 11.8. The Morgan fingerprint density at radius 3 is 2.19 bits per heavy atom. The van der Waals surface area contributed by atoms with E-state index in [0.29, 0.717) is 6.04 Å². The van der Waals surface area contributed by atoms with Crippen LogP contribution in [-0.2, 0) is 4.74 Å². The van der Waals surface area contributed by atoms with Gasteiger partial charge in [0.2, 0.25) is 0 Å². The van der Waals surface area contributed by atoms with Crippen molar-refractivity contribution >= 4 is 0 Å². The van der Waals surface area contributed by atoms with Gasteiger partial charge in [0.25, 0.3) is 0 Å². The van der Waals surface area contributed by atoms with E-state index in [-0.39, 0.29) is 16.5 Å². The van der Waals surface area contributed by atoms with Gasteiger partial charge in [0.1, 0.15) is 0 Å². The first-order chi connectivity index (χ1) is 7.18. The Morgan fingerprint density at radius 1 is 1.12 bits per heavy atom. The third-order valence-electron chi connectivity index (χ3n) is 4.49. The molecule has 2 saturated heterocycles. The second-order valence-electron chi connectivity index (χ2n) is 7.53. The predicted octanol–water partition coefficient (Wildman–Crippen LogP) is 3.06. The lowest BCUT2D eigenvalue weighted by Gasteiger charge is -2.57. The molecule has 2 fully saturated rings. The Kier molecular flexibility index (Phi) is 2.67. The number of nitrogens with zero attached hydrogens (tertiary/aromatic N) is 1. The molecule has 2 heterocycles. The van der Waals surface area contributed by atoms with Crippen molar-refractivity contribution in [2.75, 3.05) is 13.2 Å². The van der Waals surface area contributed by atoms with E-state index in [0.717, 1.165) is 13.2 Å². The lowest BCUT2D eigenvalue weighted by Crippen LogP contribution is -2.67. The first-order valence-corrected chi connectivity index (χ1v) is 6.56. The Labute approximate surface area is 100 Å². The SMILES string of the molecule is CC(C)(C)N1C2CCC1(C(C)(C)C)COC2. The van der Waals surface area contributed by atoms with Crippen molar-refractivity contribution in [2.45, 2.75) is 71.5 Å². The number of morpholine rings is 1. The van der Waals surface area contributed by atoms with Crippen molar-refractivity contribution in [2.24, 2.45) is 5.41 Å². The highest BCUT2D eigenvalue weighted by Crippen LogP contribution is 2.51. The molecule has 2 heteroatoms. The molecule has 2 aliphatic heterocycles. The molecular weight excluding hydrogens is 198 g/mol. The maximum Gasteiger partial charge on any atom is 0.0656 e. The molecule has 2 nitrogen and oxygen atoms in total. The Hall–Kier alpha value is -0.0800. The van der Waals surface area contributed by atoms with Gasteiger partial charge in [-0.3, -0.25) is 4.90 Å². The van der Waals surface area contributed by atoms with Gasteiger partial charge in [-0.05, 0) is 39.0 Å². The van der Waals surface area contributed by atoms with Crippen molar-refractivity contribution in [3.05, 3.63) is 0 Å². The van der Waals surface area contributed by atoms with Gasteiger partial charge in [0, 0.05) is 11.6 Å². The van der Waals surface area contributed by atoms with Crippen molar-refractivity contribution < 1.29 is 4.74 Å². The number of hydrogen-bond acceptors (Lipinski definition) is 2. The largest absolute Gasteiger partial charge is 0.378 e. The lowest BCUT2D eigenvalue weighted by molar-refractivity contribution is -0.149. The van der Waals surface area contributed by atoms with Gasteiger partial charge in [-0.2, -0.15) is 0 Å². The van der Waals surface area contributed by atoms with Gasteiger partial charge in [0.15, 0.2) is 0 Å². The van der Waals surface area contributed by atoms with Crippen molar-refractivity contribution in [1.82, 2.24) is 4.90 Å². The van der Waals surface area contributed by atoms with E-state index in [1.165, 1.54) is 12.8 Å². The molecule has 16 heavy (non-hydrogen) atoms. The third kappa shape index (κ3) is 1.62. The van der Waals surface area contributed by atoms with Crippen LogP contribution >= 0.6 is 0 Å². The molecule has 2 aliphatic rings. The fraction of sp³-hybridized carbons (Fsp3) is 1.00. The molecule has 0 saturated carbocycles. The summed E-state index contributed by atoms with van der Waals surface area (Å²) in [5.41, 5.74) is 0.780. The highest BCUT2D eigenvalue weighted by molar-refractivity contribution is 5.12. The van der Waals surface area contributed by atoms with Gasteiger partial charge >= 0.3 is 0 Å². The van der Waals surface area contributed by atoms with Gasteiger partial charge < -0.3 is 4.74 Å². The standard InChI is InChI=1S/C14H27NO/c1-12(2,3)14-8-7-11(9-16-10-14)15(14)13(4,5)6/h11H,7-10H2,1-6H3. The van der Waals surface area contributed by atoms with Crippen molar-refractivity contribution in [3.8, 4) is 0 Å². The smallest absolute Gasteiger partial charge is 0.0656 e. The summed E-state index contributed by atoms with van der Waals surface area (Å²) in [7, 11) is 0. The molecule has 0 aromatic rings. The summed E-state index contributed by atoms with van der Waals surface area (Å²) in [6.45, 7) is 16.0. The van der Waals surface area contributed by atoms with Gasteiger partial charge in [-0.15, -0.1) is 0 Å². The Bertz CT molecular complexity index is 269. The summed E-state index contributed by atoms with van der Waals surface area (Å²) < 4.78 is 5.87. The van der Waals surface area contributed by atoms with Crippen molar-refractivity contribution in [3.63, 3.8) is 0 Å². The van der Waals surface area contributed by atoms with E-state index >= 15 is 0 Å². The fourth-order valence-corrected chi connectivity index (χ4v) is 3.81. The maximum absolute atomic E-state index is 5.87. The molecular formula is C14H27NO. The van der Waals surface area contributed by atoms with E-state index in [1.807, 2.05) is 0 Å². The van der Waals surface area contributed by atoms with Gasteiger partial charge in [0.05, 0.1) is 18.8 Å². The first kappa shape index (κ1) is 12.4. The van der Waals surface area contributed by atoms with Crippen LogP contribution in [0.5, 0.6) is 0 Å². The topological polar surface area (TPSA) is 12.5 Å². The summed E-state index contributed by atoms with van der Waals surface area (Å²) in [6.07, 6.45) is 2.59. The zero-order chi connectivity index (χ0) is 12.2. The van der Waals surface area contributed by atoms with Gasteiger partial charge in [-0.1, -0.05) is 20.8 Å². The molecule has 0 N–H and O–H groups in total. The quantitative estimate of drug-likeness (QED) is 0.628. The zero-order valence-electron chi connectivity index (χ0n) is 11.8. The molecule has 0 aromatic heterocycles. The highest BCUT2D eigenvalue weighted by atomic mass is 16.5. The van der Waals surface area contributed by atoms with Crippen LogP contribution in [-0.4, -0.2) is 35.2 Å². The Morgan fingerprint density at radius 2 is 1.75 bits per heavy atom. The molecule has 2 atom stereocenters. The van der Waals surface area contributed by atoms with E-state index in [1.54, 1.807) is 0 Å². The van der Waals surface area contributed by atoms with E-state index < -0.39 is 0 Å². The fourth-order valence-electron chi connectivity index (χ4n) is 3.81. The number of ether oxygens (including phenoxy) is 1. The van der Waals surface area contributed by atoms with Crippen LogP contribution in [0.3, 0.4) is 0 Å². The van der Waals surface area contributed by atoms with Crippen LogP contribution in [0, 0.1) is 5.41 Å². The molecule has 0 radical (unpaired) electrons. The third-order valence-corrected chi connectivity index (χ3v) is 4.49. The molecule has 2 rings (SSSR count). The molecule has 0 amide bonds. The summed E-state index contributed by atoms with van der Waals surface area (Å²) in [5, 5.41) is 0. The number of rotatable bonds is 0. The predicted molar refractivity (Wildman–Crippen MR) is 67.6 cm³/mol. The van der Waals surface area contributed by atoms with Crippen LogP contribution in [0.1, 0.15) is 54.4 Å². The van der Waals surface area contributed by atoms with Crippen LogP contribution in [0.2, 0.25) is 0 Å². The van der Waals surface area contributed by atoms with E-state index in [2.05, 4.69) is 46.4 Å². The average Bonchev–Trinajstić information content (AvgIpc) is 2.34. The molecule has 94 valence electrons. The summed E-state index contributed by atoms with van der Waals surface area (Å²) in [6, 6.07) is 0.632. The maximum atomic E-state index is 5.87. The van der Waals surface area contributed by atoms with Gasteiger partial charge in [-0.25, -0.2) is 0 Å². The van der Waals surface area contributed by atoms with Crippen LogP contribution in [0.4, 0.5) is 0 Å². The number of fused-ring (bicyclic) bond motifs is 2.